The zero-order valence-electron chi connectivity index (χ0n) is 10.7. The number of anilines is 1. The first-order valence-electron chi connectivity index (χ1n) is 5.78. The van der Waals surface area contributed by atoms with Crippen LogP contribution in [0.15, 0.2) is 40.2 Å². The fraction of sp³-hybridized carbons (Fsp3) is 0.0769. The minimum Gasteiger partial charge on any atom is -0.384 e. The number of oxime groups is 1. The minimum absolute atomic E-state index is 0.00381. The van der Waals surface area contributed by atoms with Crippen LogP contribution in [0.1, 0.15) is 5.56 Å². The molecule has 0 saturated carbocycles. The molecule has 0 spiro atoms. The van der Waals surface area contributed by atoms with E-state index in [1.807, 2.05) is 5.38 Å². The van der Waals surface area contributed by atoms with Crippen LogP contribution in [0.25, 0.3) is 0 Å². The van der Waals surface area contributed by atoms with Crippen molar-refractivity contribution in [2.24, 2.45) is 10.9 Å². The lowest BCUT2D eigenvalue weighted by Gasteiger charge is -2.05. The normalized spacial score (nSPS) is 11.2. The molecule has 0 aliphatic heterocycles. The summed E-state index contributed by atoms with van der Waals surface area (Å²) in [6.07, 6.45) is 0. The van der Waals surface area contributed by atoms with Crippen LogP contribution >= 0.6 is 11.3 Å². The third-order valence-corrected chi connectivity index (χ3v) is 3.01. The van der Waals surface area contributed by atoms with Gasteiger partial charge in [0.25, 0.3) is 5.91 Å². The maximum absolute atomic E-state index is 12.9. The Balaban J connectivity index is 1.86. The predicted octanol–water partition coefficient (Wildman–Crippen LogP) is 2.30. The van der Waals surface area contributed by atoms with E-state index in [2.05, 4.69) is 10.5 Å². The molecule has 0 saturated heterocycles. The number of carbonyl (C=O) groups is 1. The molecule has 110 valence electrons. The number of nitrogens with one attached hydrogen (secondary N) is 1. The van der Waals surface area contributed by atoms with E-state index in [0.717, 1.165) is 12.1 Å². The first-order chi connectivity index (χ1) is 10.0. The summed E-state index contributed by atoms with van der Waals surface area (Å²) in [5.74, 6) is -2.04. The second-order valence-electron chi connectivity index (χ2n) is 3.97. The molecular weight excluding hydrogens is 300 g/mol. The van der Waals surface area contributed by atoms with Crippen molar-refractivity contribution < 1.29 is 18.4 Å². The third-order valence-electron chi connectivity index (χ3n) is 2.32. The molecule has 2 aromatic rings. The molecule has 1 aromatic carbocycles. The Labute approximate surface area is 123 Å². The summed E-state index contributed by atoms with van der Waals surface area (Å²) >= 11 is 1.45. The fourth-order valence-electron chi connectivity index (χ4n) is 1.45. The summed E-state index contributed by atoms with van der Waals surface area (Å²) in [5, 5.41) is 9.45. The summed E-state index contributed by atoms with van der Waals surface area (Å²) in [6.45, 7) is -0.428. The maximum atomic E-state index is 12.9. The number of hydrogen-bond acceptors (Lipinski definition) is 4. The van der Waals surface area contributed by atoms with Gasteiger partial charge in [-0.15, -0.1) is 0 Å². The zero-order chi connectivity index (χ0) is 15.2. The smallest absolute Gasteiger partial charge is 0.265 e. The van der Waals surface area contributed by atoms with Gasteiger partial charge in [0, 0.05) is 22.7 Å². The first kappa shape index (κ1) is 14.9. The number of carbonyl (C=O) groups excluding carboxylic acids is 1. The summed E-state index contributed by atoms with van der Waals surface area (Å²) in [6, 6.07) is 4.44. The molecule has 0 atom stereocenters. The standard InChI is InChI=1S/C13H11F2N3O2S/c14-9-3-10(15)5-11(4-9)17-12(19)6-20-18-13(16)8-1-2-21-7-8/h1-5,7H,6H2,(H2,16,18)(H,17,19). The van der Waals surface area contributed by atoms with Crippen LogP contribution in [0, 0.1) is 11.6 Å². The van der Waals surface area contributed by atoms with Gasteiger partial charge >= 0.3 is 0 Å². The van der Waals surface area contributed by atoms with Gasteiger partial charge in [0.15, 0.2) is 12.4 Å². The van der Waals surface area contributed by atoms with Crippen LogP contribution in [0.2, 0.25) is 0 Å². The Kier molecular flexibility index (Phi) is 4.83. The number of benzene rings is 1. The highest BCUT2D eigenvalue weighted by Gasteiger charge is 2.06. The molecule has 2 rings (SSSR count). The molecule has 0 aliphatic carbocycles. The Morgan fingerprint density at radius 3 is 2.67 bits per heavy atom. The average molecular weight is 311 g/mol. The number of nitrogens with two attached hydrogens (primary N) is 1. The molecule has 21 heavy (non-hydrogen) atoms. The van der Waals surface area contributed by atoms with Crippen molar-refractivity contribution in [2.75, 3.05) is 11.9 Å². The van der Waals surface area contributed by atoms with E-state index < -0.39 is 24.1 Å². The van der Waals surface area contributed by atoms with Crippen molar-refractivity contribution >= 4 is 28.8 Å². The molecule has 1 aromatic heterocycles. The Bertz CT molecular complexity index is 639. The van der Waals surface area contributed by atoms with E-state index >= 15 is 0 Å². The zero-order valence-corrected chi connectivity index (χ0v) is 11.5. The van der Waals surface area contributed by atoms with Crippen molar-refractivity contribution in [2.45, 2.75) is 0 Å². The summed E-state index contributed by atoms with van der Waals surface area (Å²) < 4.78 is 25.9. The highest BCUT2D eigenvalue weighted by atomic mass is 32.1. The second kappa shape index (κ2) is 6.80. The number of amidine groups is 1. The van der Waals surface area contributed by atoms with Crippen LogP contribution < -0.4 is 11.1 Å². The van der Waals surface area contributed by atoms with E-state index in [1.54, 1.807) is 11.4 Å². The summed E-state index contributed by atoms with van der Waals surface area (Å²) in [5.41, 5.74) is 6.30. The van der Waals surface area contributed by atoms with E-state index in [1.165, 1.54) is 11.3 Å². The lowest BCUT2D eigenvalue weighted by molar-refractivity contribution is -0.120. The van der Waals surface area contributed by atoms with Crippen LogP contribution in [0.5, 0.6) is 0 Å². The van der Waals surface area contributed by atoms with Crippen molar-refractivity contribution in [3.05, 3.63) is 52.2 Å². The van der Waals surface area contributed by atoms with Crippen LogP contribution in [0.4, 0.5) is 14.5 Å². The predicted molar refractivity (Wildman–Crippen MR) is 76.0 cm³/mol. The Morgan fingerprint density at radius 1 is 1.33 bits per heavy atom. The van der Waals surface area contributed by atoms with Crippen LogP contribution in [-0.2, 0) is 9.63 Å². The fourth-order valence-corrected chi connectivity index (χ4v) is 2.10. The van der Waals surface area contributed by atoms with Gasteiger partial charge in [-0.05, 0) is 23.6 Å². The number of halogens is 2. The third kappa shape index (κ3) is 4.53. The van der Waals surface area contributed by atoms with Gasteiger partial charge in [0.05, 0.1) is 0 Å². The van der Waals surface area contributed by atoms with Gasteiger partial charge in [-0.2, -0.15) is 11.3 Å². The monoisotopic (exact) mass is 311 g/mol. The molecule has 5 nitrogen and oxygen atoms in total. The van der Waals surface area contributed by atoms with Crippen molar-refractivity contribution in [3.8, 4) is 0 Å². The number of amides is 1. The van der Waals surface area contributed by atoms with E-state index in [-0.39, 0.29) is 11.5 Å². The maximum Gasteiger partial charge on any atom is 0.265 e. The Morgan fingerprint density at radius 2 is 2.05 bits per heavy atom. The lowest BCUT2D eigenvalue weighted by atomic mass is 10.3. The quantitative estimate of drug-likeness (QED) is 0.505. The highest BCUT2D eigenvalue weighted by molar-refractivity contribution is 7.08. The van der Waals surface area contributed by atoms with Gasteiger partial charge in [-0.25, -0.2) is 8.78 Å². The van der Waals surface area contributed by atoms with Gasteiger partial charge in [-0.1, -0.05) is 5.16 Å². The van der Waals surface area contributed by atoms with Gasteiger partial charge in [0.1, 0.15) is 11.6 Å². The molecule has 0 aliphatic rings. The summed E-state index contributed by atoms with van der Waals surface area (Å²) in [7, 11) is 0. The molecule has 0 radical (unpaired) electrons. The number of rotatable bonds is 5. The van der Waals surface area contributed by atoms with Gasteiger partial charge in [-0.3, -0.25) is 4.79 Å². The van der Waals surface area contributed by atoms with Crippen LogP contribution in [-0.4, -0.2) is 18.3 Å². The van der Waals surface area contributed by atoms with Gasteiger partial charge < -0.3 is 15.9 Å². The Hall–Kier alpha value is -2.48. The molecule has 1 amide bonds. The first-order valence-corrected chi connectivity index (χ1v) is 6.73. The number of thiophene rings is 1. The highest BCUT2D eigenvalue weighted by Crippen LogP contribution is 2.12. The van der Waals surface area contributed by atoms with Gasteiger partial charge in [0.2, 0.25) is 0 Å². The molecule has 0 fully saturated rings. The van der Waals surface area contributed by atoms with E-state index in [9.17, 15) is 13.6 Å². The largest absolute Gasteiger partial charge is 0.384 e. The average Bonchev–Trinajstić information content (AvgIpc) is 2.90. The minimum atomic E-state index is -0.786. The molecule has 3 N–H and O–H groups in total. The topological polar surface area (TPSA) is 76.7 Å². The summed E-state index contributed by atoms with van der Waals surface area (Å²) in [4.78, 5) is 16.3. The molecule has 0 unspecified atom stereocenters. The van der Waals surface area contributed by atoms with Crippen molar-refractivity contribution in [3.63, 3.8) is 0 Å². The van der Waals surface area contributed by atoms with Crippen LogP contribution in [0.3, 0.4) is 0 Å². The van der Waals surface area contributed by atoms with Crippen molar-refractivity contribution in [1.82, 2.24) is 0 Å². The van der Waals surface area contributed by atoms with Crippen molar-refractivity contribution in [1.29, 1.82) is 0 Å². The van der Waals surface area contributed by atoms with E-state index in [4.69, 9.17) is 10.6 Å². The SMILES string of the molecule is N/C(=N/OCC(=O)Nc1cc(F)cc(F)c1)c1ccsc1. The van der Waals surface area contributed by atoms with E-state index in [0.29, 0.717) is 11.6 Å². The number of hydrogen-bond donors (Lipinski definition) is 2. The molecular formula is C13H11F2N3O2S. The molecule has 1 heterocycles. The second-order valence-corrected chi connectivity index (χ2v) is 4.75. The molecule has 8 heteroatoms. The molecule has 0 bridgehead atoms. The number of nitrogens with zero attached hydrogens (tertiary/aromatic N) is 1. The lowest BCUT2D eigenvalue weighted by Crippen LogP contribution is -2.19.